The first-order valence-corrected chi connectivity index (χ1v) is 8.75. The smallest absolute Gasteiger partial charge is 0.330 e. The third-order valence-electron chi connectivity index (χ3n) is 3.54. The van der Waals surface area contributed by atoms with Crippen LogP contribution in [-0.2, 0) is 10.0 Å². The molecule has 0 aliphatic rings. The molecule has 0 aliphatic carbocycles. The lowest BCUT2D eigenvalue weighted by atomic mass is 10.2. The molecule has 0 radical (unpaired) electrons. The molecule has 2 aromatic heterocycles. The maximum atomic E-state index is 12.5. The molecular formula is C16H17N3O4S. The van der Waals surface area contributed by atoms with E-state index in [0.717, 1.165) is 5.56 Å². The van der Waals surface area contributed by atoms with Crippen LogP contribution in [0.1, 0.15) is 22.6 Å². The van der Waals surface area contributed by atoms with E-state index in [0.29, 0.717) is 22.6 Å². The number of nitrogens with zero attached hydrogens (tertiary/aromatic N) is 2. The highest BCUT2D eigenvalue weighted by molar-refractivity contribution is 7.92. The van der Waals surface area contributed by atoms with E-state index in [9.17, 15) is 8.42 Å². The summed E-state index contributed by atoms with van der Waals surface area (Å²) >= 11 is 0. The van der Waals surface area contributed by atoms with E-state index in [-0.39, 0.29) is 16.8 Å². The Morgan fingerprint density at radius 1 is 1.00 bits per heavy atom. The summed E-state index contributed by atoms with van der Waals surface area (Å²) in [7, 11) is -3.80. The van der Waals surface area contributed by atoms with Gasteiger partial charge in [0, 0.05) is 0 Å². The van der Waals surface area contributed by atoms with Gasteiger partial charge in [0.05, 0.1) is 10.5 Å². The number of benzene rings is 1. The number of hydrogen-bond donors (Lipinski definition) is 1. The molecule has 0 atom stereocenters. The fraction of sp³-hybridized carbons (Fsp3) is 0.250. The van der Waals surface area contributed by atoms with Crippen molar-refractivity contribution >= 4 is 16.0 Å². The lowest BCUT2D eigenvalue weighted by Gasteiger charge is -2.07. The summed E-state index contributed by atoms with van der Waals surface area (Å²) in [5.41, 5.74) is 2.26. The van der Waals surface area contributed by atoms with Gasteiger partial charge < -0.3 is 8.83 Å². The number of furan rings is 1. The Labute approximate surface area is 139 Å². The SMILES string of the molecule is Cc1ccc(S(=O)(=O)Nc2nnc(-c3cc(C)oc3C)o2)c(C)c1. The molecule has 1 N–H and O–H groups in total. The van der Waals surface area contributed by atoms with Gasteiger partial charge in [0.1, 0.15) is 11.5 Å². The molecule has 0 unspecified atom stereocenters. The number of aromatic nitrogens is 2. The summed E-state index contributed by atoms with van der Waals surface area (Å²) in [6.07, 6.45) is 0. The standard InChI is InChI=1S/C16H17N3O4S/c1-9-5-6-14(10(2)7-9)24(20,21)19-16-18-17-15(23-16)13-8-11(3)22-12(13)4/h5-8H,1-4H3,(H,18,19). The fourth-order valence-electron chi connectivity index (χ4n) is 2.49. The summed E-state index contributed by atoms with van der Waals surface area (Å²) in [5, 5.41) is 7.62. The topological polar surface area (TPSA) is 98.2 Å². The maximum absolute atomic E-state index is 12.5. The molecule has 0 saturated heterocycles. The molecule has 1 aromatic carbocycles. The minimum absolute atomic E-state index is 0.170. The number of rotatable bonds is 4. The Morgan fingerprint density at radius 3 is 2.38 bits per heavy atom. The fourth-order valence-corrected chi connectivity index (χ4v) is 3.64. The predicted molar refractivity (Wildman–Crippen MR) is 88.2 cm³/mol. The molecule has 0 bridgehead atoms. The summed E-state index contributed by atoms with van der Waals surface area (Å²) in [6, 6.07) is 6.64. The Hall–Kier alpha value is -2.61. The number of hydrogen-bond acceptors (Lipinski definition) is 6. The van der Waals surface area contributed by atoms with Gasteiger partial charge in [-0.25, -0.2) is 13.1 Å². The lowest BCUT2D eigenvalue weighted by Crippen LogP contribution is -2.14. The van der Waals surface area contributed by atoms with Crippen LogP contribution in [0.15, 0.2) is 38.0 Å². The van der Waals surface area contributed by atoms with E-state index in [1.54, 1.807) is 45.0 Å². The van der Waals surface area contributed by atoms with E-state index in [1.807, 2.05) is 6.92 Å². The highest BCUT2D eigenvalue weighted by Crippen LogP contribution is 2.27. The first-order valence-electron chi connectivity index (χ1n) is 7.27. The van der Waals surface area contributed by atoms with Crippen molar-refractivity contribution in [2.45, 2.75) is 32.6 Å². The van der Waals surface area contributed by atoms with Crippen molar-refractivity contribution in [1.82, 2.24) is 10.2 Å². The van der Waals surface area contributed by atoms with Crippen molar-refractivity contribution in [1.29, 1.82) is 0 Å². The molecule has 0 aliphatic heterocycles. The van der Waals surface area contributed by atoms with Gasteiger partial charge in [-0.3, -0.25) is 0 Å². The molecular weight excluding hydrogens is 330 g/mol. The zero-order valence-electron chi connectivity index (χ0n) is 13.7. The molecule has 3 aromatic rings. The molecule has 3 rings (SSSR count). The van der Waals surface area contributed by atoms with Gasteiger partial charge in [0.15, 0.2) is 0 Å². The van der Waals surface area contributed by atoms with Crippen LogP contribution < -0.4 is 4.72 Å². The van der Waals surface area contributed by atoms with Gasteiger partial charge in [-0.1, -0.05) is 22.8 Å². The number of aryl methyl sites for hydroxylation is 4. The van der Waals surface area contributed by atoms with Crippen molar-refractivity contribution in [2.24, 2.45) is 0 Å². The van der Waals surface area contributed by atoms with E-state index >= 15 is 0 Å². The average molecular weight is 347 g/mol. The third-order valence-corrected chi connectivity index (χ3v) is 5.02. The van der Waals surface area contributed by atoms with E-state index in [4.69, 9.17) is 8.83 Å². The van der Waals surface area contributed by atoms with Gasteiger partial charge in [-0.15, -0.1) is 5.10 Å². The molecule has 0 spiro atoms. The van der Waals surface area contributed by atoms with Gasteiger partial charge in [0.25, 0.3) is 15.9 Å². The molecule has 0 fully saturated rings. The summed E-state index contributed by atoms with van der Waals surface area (Å²) in [5.74, 6) is 1.53. The van der Waals surface area contributed by atoms with Crippen molar-refractivity contribution in [3.63, 3.8) is 0 Å². The second-order valence-corrected chi connectivity index (χ2v) is 7.26. The minimum atomic E-state index is -3.80. The monoisotopic (exact) mass is 347 g/mol. The second-order valence-electron chi connectivity index (χ2n) is 5.61. The quantitative estimate of drug-likeness (QED) is 0.777. The zero-order valence-corrected chi connectivity index (χ0v) is 14.6. The van der Waals surface area contributed by atoms with Crippen molar-refractivity contribution < 1.29 is 17.3 Å². The molecule has 8 heteroatoms. The summed E-state index contributed by atoms with van der Waals surface area (Å²) < 4.78 is 38.1. The first kappa shape index (κ1) is 16.3. The van der Waals surface area contributed by atoms with Crippen molar-refractivity contribution in [2.75, 3.05) is 4.72 Å². The lowest BCUT2D eigenvalue weighted by molar-refractivity contribution is 0.503. The summed E-state index contributed by atoms with van der Waals surface area (Å²) in [6.45, 7) is 7.21. The molecule has 0 amide bonds. The average Bonchev–Trinajstić information content (AvgIpc) is 3.04. The largest absolute Gasteiger partial charge is 0.466 e. The van der Waals surface area contributed by atoms with Crippen molar-refractivity contribution in [3.8, 4) is 11.5 Å². The van der Waals surface area contributed by atoms with Crippen LogP contribution in [-0.4, -0.2) is 18.6 Å². The van der Waals surface area contributed by atoms with Gasteiger partial charge >= 0.3 is 6.01 Å². The Kier molecular flexibility index (Phi) is 3.92. The van der Waals surface area contributed by atoms with Crippen LogP contribution in [0, 0.1) is 27.7 Å². The molecule has 2 heterocycles. The van der Waals surface area contributed by atoms with Crippen LogP contribution in [0.25, 0.3) is 11.5 Å². The van der Waals surface area contributed by atoms with Crippen LogP contribution in [0.2, 0.25) is 0 Å². The van der Waals surface area contributed by atoms with E-state index < -0.39 is 10.0 Å². The molecule has 0 saturated carbocycles. The second kappa shape index (κ2) is 5.79. The van der Waals surface area contributed by atoms with Crippen LogP contribution >= 0.6 is 0 Å². The number of nitrogens with one attached hydrogen (secondary N) is 1. The van der Waals surface area contributed by atoms with Gasteiger partial charge in [0.2, 0.25) is 0 Å². The minimum Gasteiger partial charge on any atom is -0.466 e. The number of anilines is 1. The van der Waals surface area contributed by atoms with E-state index in [1.165, 1.54) is 0 Å². The normalized spacial score (nSPS) is 11.7. The Bertz CT molecular complexity index is 1000. The molecule has 24 heavy (non-hydrogen) atoms. The molecule has 126 valence electrons. The zero-order chi connectivity index (χ0) is 17.5. The summed E-state index contributed by atoms with van der Waals surface area (Å²) in [4.78, 5) is 0.170. The Balaban J connectivity index is 1.90. The van der Waals surface area contributed by atoms with Crippen LogP contribution in [0.4, 0.5) is 6.01 Å². The predicted octanol–water partition coefficient (Wildman–Crippen LogP) is 3.36. The first-order chi connectivity index (χ1) is 11.3. The molecule has 7 nitrogen and oxygen atoms in total. The highest BCUT2D eigenvalue weighted by Gasteiger charge is 2.21. The highest BCUT2D eigenvalue weighted by atomic mass is 32.2. The van der Waals surface area contributed by atoms with Gasteiger partial charge in [-0.05, 0) is 45.4 Å². The number of sulfonamides is 1. The third kappa shape index (κ3) is 3.05. The maximum Gasteiger partial charge on any atom is 0.330 e. The Morgan fingerprint density at radius 2 is 1.75 bits per heavy atom. The van der Waals surface area contributed by atoms with Gasteiger partial charge in [-0.2, -0.15) is 0 Å². The van der Waals surface area contributed by atoms with Crippen molar-refractivity contribution in [3.05, 3.63) is 46.9 Å². The van der Waals surface area contributed by atoms with Crippen LogP contribution in [0.3, 0.4) is 0 Å². The van der Waals surface area contributed by atoms with Crippen LogP contribution in [0.5, 0.6) is 0 Å². The van der Waals surface area contributed by atoms with E-state index in [2.05, 4.69) is 14.9 Å².